The maximum absolute atomic E-state index is 12.9. The van der Waals surface area contributed by atoms with Gasteiger partial charge in [0.25, 0.3) is 0 Å². The Bertz CT molecular complexity index is 283. The van der Waals surface area contributed by atoms with Crippen LogP contribution in [0.5, 0.6) is 0 Å². The minimum absolute atomic E-state index is 0. The van der Waals surface area contributed by atoms with Crippen LogP contribution in [0.2, 0.25) is 0 Å². The topological polar surface area (TPSA) is 52.0 Å². The fraction of sp³-hybridized carbons (Fsp3) is 0.250. The predicted molar refractivity (Wildman–Crippen MR) is 57.3 cm³/mol. The van der Waals surface area contributed by atoms with E-state index in [0.29, 0.717) is 16.6 Å². The Kier molecular flexibility index (Phi) is 5.48. The highest BCUT2D eigenvalue weighted by atomic mass is 79.9. The third-order valence-corrected chi connectivity index (χ3v) is 2.47. The third-order valence-electron chi connectivity index (χ3n) is 1.63. The fourth-order valence-corrected chi connectivity index (χ4v) is 1.49. The molecule has 0 bridgehead atoms. The van der Waals surface area contributed by atoms with Gasteiger partial charge in [0.05, 0.1) is 4.47 Å². The standard InChI is InChI=1S/C8H10BrFN2.ClH/c9-8-5(7(12)4-11)2-1-3-6(8)10;/h1-3,7H,4,11-12H2;1H/t7-;/m1./s1. The van der Waals surface area contributed by atoms with Gasteiger partial charge >= 0.3 is 0 Å². The van der Waals surface area contributed by atoms with E-state index in [4.69, 9.17) is 11.5 Å². The number of rotatable bonds is 2. The maximum Gasteiger partial charge on any atom is 0.137 e. The van der Waals surface area contributed by atoms with Gasteiger partial charge in [0.1, 0.15) is 5.82 Å². The summed E-state index contributed by atoms with van der Waals surface area (Å²) >= 11 is 3.11. The minimum atomic E-state index is -0.310. The molecule has 2 nitrogen and oxygen atoms in total. The molecule has 0 saturated heterocycles. The zero-order valence-electron chi connectivity index (χ0n) is 6.84. The largest absolute Gasteiger partial charge is 0.329 e. The Morgan fingerprint density at radius 3 is 2.62 bits per heavy atom. The summed E-state index contributed by atoms with van der Waals surface area (Å²) in [5, 5.41) is 0. The first-order valence-electron chi connectivity index (χ1n) is 3.56. The molecule has 1 aromatic carbocycles. The van der Waals surface area contributed by atoms with E-state index >= 15 is 0 Å². The summed E-state index contributed by atoms with van der Waals surface area (Å²) in [6, 6.07) is 4.43. The molecule has 13 heavy (non-hydrogen) atoms. The molecule has 0 unspecified atom stereocenters. The summed E-state index contributed by atoms with van der Waals surface area (Å²) < 4.78 is 13.3. The van der Waals surface area contributed by atoms with Crippen LogP contribution >= 0.6 is 28.3 Å². The van der Waals surface area contributed by atoms with E-state index < -0.39 is 0 Å². The van der Waals surface area contributed by atoms with Crippen molar-refractivity contribution in [3.8, 4) is 0 Å². The zero-order chi connectivity index (χ0) is 9.14. The molecule has 1 atom stereocenters. The molecule has 1 rings (SSSR count). The minimum Gasteiger partial charge on any atom is -0.329 e. The Labute approximate surface area is 91.0 Å². The average Bonchev–Trinajstić information content (AvgIpc) is 2.08. The van der Waals surface area contributed by atoms with Crippen LogP contribution in [-0.2, 0) is 0 Å². The molecule has 4 N–H and O–H groups in total. The number of hydrogen-bond donors (Lipinski definition) is 2. The molecule has 0 aliphatic heterocycles. The van der Waals surface area contributed by atoms with Gasteiger partial charge in [0, 0.05) is 12.6 Å². The average molecular weight is 270 g/mol. The van der Waals surface area contributed by atoms with Crippen molar-refractivity contribution in [1.29, 1.82) is 0 Å². The Balaban J connectivity index is 0.00000144. The second kappa shape index (κ2) is 5.54. The van der Waals surface area contributed by atoms with Crippen molar-refractivity contribution >= 4 is 28.3 Å². The molecule has 0 saturated carbocycles. The molecule has 0 heterocycles. The van der Waals surface area contributed by atoms with Crippen molar-refractivity contribution in [2.24, 2.45) is 11.5 Å². The van der Waals surface area contributed by atoms with Gasteiger partial charge in [-0.25, -0.2) is 4.39 Å². The highest BCUT2D eigenvalue weighted by molar-refractivity contribution is 9.10. The summed E-state index contributed by atoms with van der Waals surface area (Å²) in [5.74, 6) is -0.309. The summed E-state index contributed by atoms with van der Waals surface area (Å²) in [5.41, 5.74) is 11.7. The quantitative estimate of drug-likeness (QED) is 0.862. The predicted octanol–water partition coefficient (Wildman–Crippen LogP) is 1.97. The van der Waals surface area contributed by atoms with Gasteiger partial charge in [-0.05, 0) is 27.6 Å². The number of hydrogen-bond acceptors (Lipinski definition) is 2. The monoisotopic (exact) mass is 268 g/mol. The summed E-state index contributed by atoms with van der Waals surface area (Å²) in [4.78, 5) is 0. The lowest BCUT2D eigenvalue weighted by molar-refractivity contribution is 0.611. The first kappa shape index (κ1) is 12.8. The highest BCUT2D eigenvalue weighted by Gasteiger charge is 2.10. The van der Waals surface area contributed by atoms with E-state index in [1.54, 1.807) is 12.1 Å². The molecule has 74 valence electrons. The van der Waals surface area contributed by atoms with Gasteiger partial charge in [0.15, 0.2) is 0 Å². The SMILES string of the molecule is Cl.NC[C@@H](N)c1cccc(F)c1Br. The molecule has 0 aliphatic carbocycles. The van der Waals surface area contributed by atoms with Crippen LogP contribution in [0.15, 0.2) is 22.7 Å². The van der Waals surface area contributed by atoms with Crippen molar-refractivity contribution < 1.29 is 4.39 Å². The van der Waals surface area contributed by atoms with Crippen LogP contribution in [0.3, 0.4) is 0 Å². The van der Waals surface area contributed by atoms with Crippen LogP contribution < -0.4 is 11.5 Å². The summed E-state index contributed by atoms with van der Waals surface area (Å²) in [6.07, 6.45) is 0. The van der Waals surface area contributed by atoms with Crippen LogP contribution in [-0.4, -0.2) is 6.54 Å². The van der Waals surface area contributed by atoms with Gasteiger partial charge in [-0.15, -0.1) is 12.4 Å². The first-order chi connectivity index (χ1) is 5.66. The van der Waals surface area contributed by atoms with Crippen LogP contribution in [0.4, 0.5) is 4.39 Å². The number of nitrogens with two attached hydrogens (primary N) is 2. The third kappa shape index (κ3) is 2.91. The van der Waals surface area contributed by atoms with Crippen LogP contribution in [0.1, 0.15) is 11.6 Å². The molecule has 0 aliphatic rings. The number of halogens is 3. The Morgan fingerprint density at radius 1 is 1.46 bits per heavy atom. The lowest BCUT2D eigenvalue weighted by Gasteiger charge is -2.11. The smallest absolute Gasteiger partial charge is 0.137 e. The molecule has 0 radical (unpaired) electrons. The Hall–Kier alpha value is -0.160. The molecule has 1 aromatic rings. The molecule has 5 heteroatoms. The van der Waals surface area contributed by atoms with Crippen LogP contribution in [0.25, 0.3) is 0 Å². The highest BCUT2D eigenvalue weighted by Crippen LogP contribution is 2.24. The van der Waals surface area contributed by atoms with E-state index in [0.717, 1.165) is 0 Å². The lowest BCUT2D eigenvalue weighted by atomic mass is 10.1. The van der Waals surface area contributed by atoms with Gasteiger partial charge in [-0.2, -0.15) is 0 Å². The normalized spacial score (nSPS) is 12.0. The molecular formula is C8H11BrClFN2. The molecule has 0 fully saturated rings. The van der Waals surface area contributed by atoms with Crippen molar-refractivity contribution in [2.75, 3.05) is 6.54 Å². The second-order valence-electron chi connectivity index (χ2n) is 2.49. The molecule has 0 aromatic heterocycles. The van der Waals surface area contributed by atoms with Crippen molar-refractivity contribution in [2.45, 2.75) is 6.04 Å². The second-order valence-corrected chi connectivity index (χ2v) is 3.28. The van der Waals surface area contributed by atoms with Crippen molar-refractivity contribution in [3.05, 3.63) is 34.1 Å². The molecular weight excluding hydrogens is 258 g/mol. The van der Waals surface area contributed by atoms with E-state index in [1.807, 2.05) is 0 Å². The van der Waals surface area contributed by atoms with E-state index in [2.05, 4.69) is 15.9 Å². The van der Waals surface area contributed by atoms with E-state index in [9.17, 15) is 4.39 Å². The van der Waals surface area contributed by atoms with E-state index in [-0.39, 0.29) is 24.3 Å². The fourth-order valence-electron chi connectivity index (χ4n) is 0.934. The molecule has 0 spiro atoms. The Morgan fingerprint density at radius 2 is 2.08 bits per heavy atom. The molecule has 0 amide bonds. The maximum atomic E-state index is 12.9. The summed E-state index contributed by atoms with van der Waals surface area (Å²) in [6.45, 7) is 0.308. The van der Waals surface area contributed by atoms with Crippen LogP contribution in [0, 0.1) is 5.82 Å². The summed E-state index contributed by atoms with van der Waals surface area (Å²) in [7, 11) is 0. The van der Waals surface area contributed by atoms with E-state index in [1.165, 1.54) is 6.07 Å². The van der Waals surface area contributed by atoms with Gasteiger partial charge in [-0.3, -0.25) is 0 Å². The first-order valence-corrected chi connectivity index (χ1v) is 4.35. The zero-order valence-corrected chi connectivity index (χ0v) is 9.24. The van der Waals surface area contributed by atoms with Crippen molar-refractivity contribution in [3.63, 3.8) is 0 Å². The van der Waals surface area contributed by atoms with Gasteiger partial charge in [0.2, 0.25) is 0 Å². The lowest BCUT2D eigenvalue weighted by Crippen LogP contribution is -2.21. The van der Waals surface area contributed by atoms with Crippen molar-refractivity contribution in [1.82, 2.24) is 0 Å². The number of benzene rings is 1. The van der Waals surface area contributed by atoms with Gasteiger partial charge in [-0.1, -0.05) is 12.1 Å². The van der Waals surface area contributed by atoms with Gasteiger partial charge < -0.3 is 11.5 Å².